The minimum Gasteiger partial charge on any atom is -0.454 e. The normalized spacial score (nSPS) is 21.0. The van der Waals surface area contributed by atoms with E-state index in [1.165, 1.54) is 15.3 Å². The highest BCUT2D eigenvalue weighted by molar-refractivity contribution is 7.18. The zero-order valence-corrected chi connectivity index (χ0v) is 17.6. The SMILES string of the molecule is Cc1sc2nc(C[NH+]3CC[NH+](Cc4ccc5c(c4)OCO5)CC3)[nH]c(=O)c2c1C. The number of aromatic nitrogens is 2. The van der Waals surface area contributed by atoms with Crippen molar-refractivity contribution in [1.29, 1.82) is 0 Å². The fraction of sp³-hybridized carbons (Fsp3) is 0.429. The van der Waals surface area contributed by atoms with Crippen LogP contribution in [-0.2, 0) is 13.1 Å². The van der Waals surface area contributed by atoms with Gasteiger partial charge in [-0.25, -0.2) is 4.98 Å². The van der Waals surface area contributed by atoms with E-state index < -0.39 is 0 Å². The van der Waals surface area contributed by atoms with Crippen molar-refractivity contribution < 1.29 is 19.3 Å². The molecule has 2 aliphatic rings. The molecule has 152 valence electrons. The monoisotopic (exact) mass is 414 g/mol. The van der Waals surface area contributed by atoms with Gasteiger partial charge in [-0.3, -0.25) is 4.79 Å². The molecule has 4 heterocycles. The Labute approximate surface area is 172 Å². The third-order valence-electron chi connectivity index (χ3n) is 6.06. The molecule has 1 fully saturated rings. The second-order valence-electron chi connectivity index (χ2n) is 8.02. The van der Waals surface area contributed by atoms with E-state index in [9.17, 15) is 4.79 Å². The van der Waals surface area contributed by atoms with Gasteiger partial charge in [-0.05, 0) is 37.6 Å². The van der Waals surface area contributed by atoms with Gasteiger partial charge in [0.2, 0.25) is 6.79 Å². The number of quaternary nitrogens is 2. The van der Waals surface area contributed by atoms with Gasteiger partial charge >= 0.3 is 0 Å². The highest BCUT2D eigenvalue weighted by Crippen LogP contribution is 2.32. The van der Waals surface area contributed by atoms with Crippen molar-refractivity contribution in [1.82, 2.24) is 9.97 Å². The number of rotatable bonds is 4. The fourth-order valence-electron chi connectivity index (χ4n) is 4.27. The van der Waals surface area contributed by atoms with Crippen LogP contribution in [0.3, 0.4) is 0 Å². The first-order valence-corrected chi connectivity index (χ1v) is 10.9. The van der Waals surface area contributed by atoms with E-state index in [2.05, 4.69) is 17.1 Å². The molecule has 0 atom stereocenters. The molecular weight excluding hydrogens is 388 g/mol. The molecule has 0 amide bonds. The molecule has 8 heteroatoms. The van der Waals surface area contributed by atoms with Crippen LogP contribution in [0.4, 0.5) is 0 Å². The standard InChI is InChI=1S/C21H24N4O3S/c1-13-14(2)29-21-19(13)20(26)22-18(23-21)11-25-7-5-24(6-8-25)10-15-3-4-16-17(9-15)28-12-27-16/h3-4,9H,5-8,10-12H2,1-2H3,(H,22,23,26)/p+2. The fourth-order valence-corrected chi connectivity index (χ4v) is 5.32. The number of hydrogen-bond donors (Lipinski definition) is 3. The third-order valence-corrected chi connectivity index (χ3v) is 7.16. The van der Waals surface area contributed by atoms with Crippen LogP contribution in [0.2, 0.25) is 0 Å². The van der Waals surface area contributed by atoms with Gasteiger partial charge in [-0.15, -0.1) is 11.3 Å². The number of nitrogens with one attached hydrogen (secondary N) is 3. The molecule has 0 aliphatic carbocycles. The number of hydrogen-bond acceptors (Lipinski definition) is 5. The van der Waals surface area contributed by atoms with Crippen LogP contribution in [0.25, 0.3) is 10.2 Å². The van der Waals surface area contributed by atoms with Crippen molar-refractivity contribution in [3.8, 4) is 11.5 Å². The van der Waals surface area contributed by atoms with Gasteiger partial charge in [0.1, 0.15) is 44.1 Å². The maximum absolute atomic E-state index is 12.5. The Balaban J connectivity index is 1.21. The lowest BCUT2D eigenvalue weighted by molar-refractivity contribution is -1.02. The second-order valence-corrected chi connectivity index (χ2v) is 9.22. The molecule has 1 aromatic carbocycles. The first-order valence-electron chi connectivity index (χ1n) is 10.1. The summed E-state index contributed by atoms with van der Waals surface area (Å²) in [6, 6.07) is 6.24. The number of H-pyrrole nitrogens is 1. The number of aryl methyl sites for hydroxylation is 2. The molecule has 0 bridgehead atoms. The zero-order chi connectivity index (χ0) is 20.0. The highest BCUT2D eigenvalue weighted by atomic mass is 32.1. The topological polar surface area (TPSA) is 73.1 Å². The Morgan fingerprint density at radius 1 is 1.07 bits per heavy atom. The summed E-state index contributed by atoms with van der Waals surface area (Å²) in [5.74, 6) is 2.50. The number of ether oxygens (including phenoxy) is 2. The minimum atomic E-state index is -0.00156. The Morgan fingerprint density at radius 3 is 2.59 bits per heavy atom. The van der Waals surface area contributed by atoms with Crippen molar-refractivity contribution in [2.45, 2.75) is 26.9 Å². The van der Waals surface area contributed by atoms with Crippen LogP contribution < -0.4 is 24.8 Å². The Hall–Kier alpha value is -2.42. The molecule has 5 rings (SSSR count). The van der Waals surface area contributed by atoms with E-state index in [4.69, 9.17) is 14.5 Å². The number of nitrogens with zero attached hydrogens (tertiary/aromatic N) is 1. The Kier molecular flexibility index (Phi) is 4.77. The van der Waals surface area contributed by atoms with Crippen LogP contribution in [0.1, 0.15) is 21.8 Å². The number of fused-ring (bicyclic) bond motifs is 2. The maximum Gasteiger partial charge on any atom is 0.260 e. The second kappa shape index (κ2) is 7.44. The van der Waals surface area contributed by atoms with Gasteiger partial charge in [-0.1, -0.05) is 0 Å². The molecule has 2 aromatic heterocycles. The van der Waals surface area contributed by atoms with Gasteiger partial charge in [0.25, 0.3) is 5.56 Å². The van der Waals surface area contributed by atoms with Gasteiger partial charge in [0, 0.05) is 10.4 Å². The molecule has 3 N–H and O–H groups in total. The van der Waals surface area contributed by atoms with E-state index >= 15 is 0 Å². The quantitative estimate of drug-likeness (QED) is 0.554. The van der Waals surface area contributed by atoms with Crippen molar-refractivity contribution in [3.63, 3.8) is 0 Å². The first kappa shape index (κ1) is 18.6. The molecule has 3 aromatic rings. The summed E-state index contributed by atoms with van der Waals surface area (Å²) in [4.78, 5) is 25.3. The van der Waals surface area contributed by atoms with E-state index in [1.807, 2.05) is 19.9 Å². The first-order chi connectivity index (χ1) is 14.1. The predicted molar refractivity (Wildman–Crippen MR) is 111 cm³/mol. The summed E-state index contributed by atoms with van der Waals surface area (Å²) in [5, 5.41) is 0.754. The number of benzene rings is 1. The zero-order valence-electron chi connectivity index (χ0n) is 16.8. The van der Waals surface area contributed by atoms with Crippen LogP contribution in [-0.4, -0.2) is 42.9 Å². The molecule has 0 spiro atoms. The predicted octanol–water partition coefficient (Wildman–Crippen LogP) is -0.186. The average Bonchev–Trinajstić information content (AvgIpc) is 3.27. The van der Waals surface area contributed by atoms with Gasteiger partial charge in [0.05, 0.1) is 5.39 Å². The average molecular weight is 415 g/mol. The Morgan fingerprint density at radius 2 is 1.79 bits per heavy atom. The number of piperazine rings is 1. The largest absolute Gasteiger partial charge is 0.454 e. The molecule has 29 heavy (non-hydrogen) atoms. The van der Waals surface area contributed by atoms with E-state index in [1.54, 1.807) is 16.2 Å². The van der Waals surface area contributed by atoms with E-state index in [0.29, 0.717) is 6.79 Å². The van der Waals surface area contributed by atoms with Crippen LogP contribution >= 0.6 is 11.3 Å². The van der Waals surface area contributed by atoms with Crippen molar-refractivity contribution >= 4 is 21.6 Å². The molecule has 1 saturated heterocycles. The molecular formula is C21H26N4O3S+2. The lowest BCUT2D eigenvalue weighted by Crippen LogP contribution is -3.27. The van der Waals surface area contributed by atoms with E-state index in [0.717, 1.165) is 72.4 Å². The van der Waals surface area contributed by atoms with E-state index in [-0.39, 0.29) is 5.56 Å². The molecule has 7 nitrogen and oxygen atoms in total. The van der Waals surface area contributed by atoms with Gasteiger partial charge in [-0.2, -0.15) is 0 Å². The lowest BCUT2D eigenvalue weighted by atomic mass is 10.1. The minimum absolute atomic E-state index is 0.00156. The molecule has 0 unspecified atom stereocenters. The molecule has 2 aliphatic heterocycles. The van der Waals surface area contributed by atoms with Gasteiger partial charge < -0.3 is 24.3 Å². The van der Waals surface area contributed by atoms with Crippen molar-refractivity contribution in [3.05, 3.63) is 50.4 Å². The lowest BCUT2D eigenvalue weighted by Gasteiger charge is -2.29. The van der Waals surface area contributed by atoms with Crippen LogP contribution in [0.5, 0.6) is 11.5 Å². The van der Waals surface area contributed by atoms with Crippen molar-refractivity contribution in [2.75, 3.05) is 33.0 Å². The van der Waals surface area contributed by atoms with Gasteiger partial charge in [0.15, 0.2) is 17.3 Å². The Bertz CT molecular complexity index is 1120. The van der Waals surface area contributed by atoms with Crippen LogP contribution in [0, 0.1) is 13.8 Å². The summed E-state index contributed by atoms with van der Waals surface area (Å²) < 4.78 is 10.9. The smallest absolute Gasteiger partial charge is 0.260 e. The molecule has 0 saturated carbocycles. The highest BCUT2D eigenvalue weighted by Gasteiger charge is 2.25. The maximum atomic E-state index is 12.5. The summed E-state index contributed by atoms with van der Waals surface area (Å²) in [6.45, 7) is 10.5. The van der Waals surface area contributed by atoms with Crippen molar-refractivity contribution in [2.24, 2.45) is 0 Å². The third kappa shape index (κ3) is 3.63. The summed E-state index contributed by atoms with van der Waals surface area (Å²) in [5.41, 5.74) is 2.34. The summed E-state index contributed by atoms with van der Waals surface area (Å²) in [6.07, 6.45) is 0. The number of thiophene rings is 1. The summed E-state index contributed by atoms with van der Waals surface area (Å²) in [7, 11) is 0. The summed E-state index contributed by atoms with van der Waals surface area (Å²) >= 11 is 1.62. The molecule has 0 radical (unpaired) electrons. The number of aromatic amines is 1. The van der Waals surface area contributed by atoms with Crippen LogP contribution in [0.15, 0.2) is 23.0 Å².